The highest BCUT2D eigenvalue weighted by molar-refractivity contribution is 5.90. The lowest BCUT2D eigenvalue weighted by Gasteiger charge is -2.33. The van der Waals surface area contributed by atoms with Crippen LogP contribution in [0.2, 0.25) is 0 Å². The molecule has 1 atom stereocenters. The van der Waals surface area contributed by atoms with Gasteiger partial charge < -0.3 is 10.3 Å². The summed E-state index contributed by atoms with van der Waals surface area (Å²) in [5, 5.41) is 3.02. The van der Waals surface area contributed by atoms with Crippen LogP contribution in [0.25, 0.3) is 5.57 Å². The first-order chi connectivity index (χ1) is 13.8. The number of nitrogens with zero attached hydrogens (tertiary/aromatic N) is 1. The smallest absolute Gasteiger partial charge is 0.225 e. The molecule has 0 radical (unpaired) electrons. The van der Waals surface area contributed by atoms with Gasteiger partial charge in [0.1, 0.15) is 5.82 Å². The summed E-state index contributed by atoms with van der Waals surface area (Å²) in [5.41, 5.74) is 3.92. The number of hydrogen-bond donors (Lipinski definition) is 2. The standard InChI is InChI=1S/C24H31N3O/c28-24(11-6-9-19-7-2-1-3-8-19)26-23-17-21(18-25-23)20-12-13-22-10-4-5-15-27(22)16-14-20/h1-3,7-8,14,17-18,22,25H,4-6,9-13,15-16H2,(H,26,28). The van der Waals surface area contributed by atoms with Crippen LogP contribution in [-0.4, -0.2) is 34.9 Å². The average Bonchev–Trinajstić information content (AvgIpc) is 3.06. The highest BCUT2D eigenvalue weighted by Crippen LogP contribution is 2.30. The minimum absolute atomic E-state index is 0.0799. The molecule has 148 valence electrons. The molecule has 0 bridgehead atoms. The first kappa shape index (κ1) is 19.0. The first-order valence-electron chi connectivity index (χ1n) is 10.7. The van der Waals surface area contributed by atoms with Crippen LogP contribution in [0.3, 0.4) is 0 Å². The molecule has 2 N–H and O–H groups in total. The monoisotopic (exact) mass is 377 g/mol. The third kappa shape index (κ3) is 4.93. The molecule has 3 heterocycles. The number of H-pyrrole nitrogens is 1. The number of nitrogens with one attached hydrogen (secondary N) is 2. The predicted molar refractivity (Wildman–Crippen MR) is 115 cm³/mol. The SMILES string of the molecule is O=C(CCCc1ccccc1)Nc1cc(C2=CCN3CCCCC3CC2)c[nH]1. The molecule has 2 aromatic rings. The molecule has 4 nitrogen and oxygen atoms in total. The number of aryl methyl sites for hydroxylation is 1. The topological polar surface area (TPSA) is 48.1 Å². The number of amides is 1. The Morgan fingerprint density at radius 1 is 1.18 bits per heavy atom. The minimum Gasteiger partial charge on any atom is -0.348 e. The van der Waals surface area contributed by atoms with Crippen molar-refractivity contribution in [2.45, 2.75) is 57.4 Å². The van der Waals surface area contributed by atoms with E-state index < -0.39 is 0 Å². The first-order valence-corrected chi connectivity index (χ1v) is 10.7. The van der Waals surface area contributed by atoms with Crippen LogP contribution in [0, 0.1) is 0 Å². The molecule has 0 spiro atoms. The van der Waals surface area contributed by atoms with Crippen molar-refractivity contribution in [3.63, 3.8) is 0 Å². The largest absolute Gasteiger partial charge is 0.348 e. The van der Waals surface area contributed by atoms with Crippen molar-refractivity contribution in [2.24, 2.45) is 0 Å². The van der Waals surface area contributed by atoms with Crippen LogP contribution >= 0.6 is 0 Å². The fourth-order valence-electron chi connectivity index (χ4n) is 4.50. The quantitative estimate of drug-likeness (QED) is 0.743. The van der Waals surface area contributed by atoms with Gasteiger partial charge in [0, 0.05) is 25.2 Å². The van der Waals surface area contributed by atoms with Gasteiger partial charge in [-0.3, -0.25) is 9.69 Å². The number of rotatable bonds is 6. The number of carbonyl (C=O) groups excluding carboxylic acids is 1. The Balaban J connectivity index is 1.28. The number of anilines is 1. The molecule has 2 aliphatic heterocycles. The van der Waals surface area contributed by atoms with E-state index in [1.165, 1.54) is 48.9 Å². The minimum atomic E-state index is 0.0799. The number of fused-ring (bicyclic) bond motifs is 1. The van der Waals surface area contributed by atoms with Gasteiger partial charge in [-0.2, -0.15) is 0 Å². The molecular formula is C24H31N3O. The molecule has 1 fully saturated rings. The fraction of sp³-hybridized carbons (Fsp3) is 0.458. The van der Waals surface area contributed by atoms with E-state index in [2.05, 4.69) is 39.5 Å². The molecular weight excluding hydrogens is 346 g/mol. The molecule has 28 heavy (non-hydrogen) atoms. The maximum absolute atomic E-state index is 12.3. The third-order valence-electron chi connectivity index (χ3n) is 6.11. The van der Waals surface area contributed by atoms with Crippen molar-refractivity contribution in [3.8, 4) is 0 Å². The normalized spacial score (nSPS) is 20.1. The van der Waals surface area contributed by atoms with Gasteiger partial charge in [0.25, 0.3) is 0 Å². The number of aromatic nitrogens is 1. The van der Waals surface area contributed by atoms with E-state index in [0.29, 0.717) is 6.42 Å². The van der Waals surface area contributed by atoms with Crippen molar-refractivity contribution in [2.75, 3.05) is 18.4 Å². The van der Waals surface area contributed by atoms with Gasteiger partial charge in [-0.15, -0.1) is 0 Å². The molecule has 0 saturated carbocycles. The van der Waals surface area contributed by atoms with Crippen LogP contribution in [-0.2, 0) is 11.2 Å². The number of piperidine rings is 1. The number of aromatic amines is 1. The Morgan fingerprint density at radius 2 is 2.07 bits per heavy atom. The van der Waals surface area contributed by atoms with Gasteiger partial charge in [0.05, 0.1) is 0 Å². The maximum Gasteiger partial charge on any atom is 0.225 e. The molecule has 1 amide bonds. The Bertz CT molecular complexity index is 808. The van der Waals surface area contributed by atoms with Crippen molar-refractivity contribution in [1.82, 2.24) is 9.88 Å². The van der Waals surface area contributed by atoms with Crippen LogP contribution in [0.15, 0.2) is 48.7 Å². The maximum atomic E-state index is 12.3. The second-order valence-corrected chi connectivity index (χ2v) is 8.10. The molecule has 0 aliphatic carbocycles. The van der Waals surface area contributed by atoms with Crippen molar-refractivity contribution >= 4 is 17.3 Å². The second kappa shape index (κ2) is 9.24. The summed E-state index contributed by atoms with van der Waals surface area (Å²) in [6.07, 6.45) is 13.2. The second-order valence-electron chi connectivity index (χ2n) is 8.10. The number of allylic oxidation sites excluding steroid dienone is 1. The zero-order chi connectivity index (χ0) is 19.2. The summed E-state index contributed by atoms with van der Waals surface area (Å²) in [6, 6.07) is 13.2. The van der Waals surface area contributed by atoms with Crippen LogP contribution < -0.4 is 5.32 Å². The molecule has 1 aromatic carbocycles. The highest BCUT2D eigenvalue weighted by atomic mass is 16.1. The lowest BCUT2D eigenvalue weighted by atomic mass is 9.96. The van der Waals surface area contributed by atoms with Gasteiger partial charge in [0.15, 0.2) is 0 Å². The van der Waals surface area contributed by atoms with Gasteiger partial charge in [-0.25, -0.2) is 0 Å². The molecule has 2 aliphatic rings. The Morgan fingerprint density at radius 3 is 2.96 bits per heavy atom. The summed E-state index contributed by atoms with van der Waals surface area (Å²) < 4.78 is 0. The van der Waals surface area contributed by atoms with E-state index in [-0.39, 0.29) is 5.91 Å². The third-order valence-corrected chi connectivity index (χ3v) is 6.11. The summed E-state index contributed by atoms with van der Waals surface area (Å²) in [6.45, 7) is 2.30. The van der Waals surface area contributed by atoms with Gasteiger partial charge in [0.2, 0.25) is 5.91 Å². The van der Waals surface area contributed by atoms with E-state index in [1.54, 1.807) is 0 Å². The Labute approximate surface area is 168 Å². The number of carbonyl (C=O) groups is 1. The molecule has 1 unspecified atom stereocenters. The zero-order valence-corrected chi connectivity index (χ0v) is 16.6. The number of hydrogen-bond acceptors (Lipinski definition) is 2. The van der Waals surface area contributed by atoms with E-state index in [9.17, 15) is 4.79 Å². The van der Waals surface area contributed by atoms with Crippen molar-refractivity contribution in [3.05, 3.63) is 59.8 Å². The average molecular weight is 378 g/mol. The van der Waals surface area contributed by atoms with E-state index in [0.717, 1.165) is 37.7 Å². The van der Waals surface area contributed by atoms with Crippen molar-refractivity contribution in [1.29, 1.82) is 0 Å². The van der Waals surface area contributed by atoms with Gasteiger partial charge >= 0.3 is 0 Å². The fourth-order valence-corrected chi connectivity index (χ4v) is 4.50. The van der Waals surface area contributed by atoms with E-state index in [4.69, 9.17) is 0 Å². The number of benzene rings is 1. The molecule has 1 aromatic heterocycles. The molecule has 1 saturated heterocycles. The van der Waals surface area contributed by atoms with Crippen LogP contribution in [0.5, 0.6) is 0 Å². The van der Waals surface area contributed by atoms with E-state index in [1.807, 2.05) is 24.4 Å². The van der Waals surface area contributed by atoms with Crippen LogP contribution in [0.4, 0.5) is 5.82 Å². The summed E-state index contributed by atoms with van der Waals surface area (Å²) in [5.74, 6) is 0.888. The Hall–Kier alpha value is -2.33. The van der Waals surface area contributed by atoms with Gasteiger partial charge in [-0.05, 0) is 67.8 Å². The van der Waals surface area contributed by atoms with Crippen LogP contribution in [0.1, 0.15) is 56.1 Å². The summed E-state index contributed by atoms with van der Waals surface area (Å²) >= 11 is 0. The predicted octanol–water partition coefficient (Wildman–Crippen LogP) is 5.01. The van der Waals surface area contributed by atoms with E-state index >= 15 is 0 Å². The van der Waals surface area contributed by atoms with Gasteiger partial charge in [-0.1, -0.05) is 42.8 Å². The molecule has 4 rings (SSSR count). The lowest BCUT2D eigenvalue weighted by molar-refractivity contribution is -0.116. The summed E-state index contributed by atoms with van der Waals surface area (Å²) in [7, 11) is 0. The summed E-state index contributed by atoms with van der Waals surface area (Å²) in [4.78, 5) is 18.1. The molecule has 4 heteroatoms. The Kier molecular flexibility index (Phi) is 6.27. The lowest BCUT2D eigenvalue weighted by Crippen LogP contribution is -2.38. The van der Waals surface area contributed by atoms with Crippen molar-refractivity contribution < 1.29 is 4.79 Å². The zero-order valence-electron chi connectivity index (χ0n) is 16.6. The highest BCUT2D eigenvalue weighted by Gasteiger charge is 2.24.